The SMILES string of the molecule is Cc1ccc(-n2cc(-c3ccc(Cl)cc3)c3c(=O)[nH]cnc32)cc1. The highest BCUT2D eigenvalue weighted by Crippen LogP contribution is 2.30. The highest BCUT2D eigenvalue weighted by atomic mass is 35.5. The molecule has 2 heterocycles. The smallest absolute Gasteiger partial charge is 0.260 e. The van der Waals surface area contributed by atoms with Crippen LogP contribution in [0.25, 0.3) is 27.8 Å². The number of nitrogens with one attached hydrogen (secondary N) is 1. The number of aromatic amines is 1. The molecule has 0 amide bonds. The molecular formula is C19H14ClN3O. The molecule has 0 bridgehead atoms. The van der Waals surface area contributed by atoms with Gasteiger partial charge in [0.25, 0.3) is 5.56 Å². The minimum absolute atomic E-state index is 0.157. The number of hydrogen-bond acceptors (Lipinski definition) is 2. The molecule has 0 spiro atoms. The van der Waals surface area contributed by atoms with E-state index in [2.05, 4.69) is 9.97 Å². The first-order valence-electron chi connectivity index (χ1n) is 7.55. The Labute approximate surface area is 143 Å². The van der Waals surface area contributed by atoms with Crippen molar-refractivity contribution < 1.29 is 0 Å². The maximum absolute atomic E-state index is 12.4. The second kappa shape index (κ2) is 5.65. The monoisotopic (exact) mass is 335 g/mol. The molecule has 118 valence electrons. The van der Waals surface area contributed by atoms with Crippen molar-refractivity contribution in [3.63, 3.8) is 0 Å². The summed E-state index contributed by atoms with van der Waals surface area (Å²) < 4.78 is 1.94. The van der Waals surface area contributed by atoms with E-state index in [0.29, 0.717) is 16.1 Å². The molecule has 0 aliphatic carbocycles. The highest BCUT2D eigenvalue weighted by molar-refractivity contribution is 6.30. The first kappa shape index (κ1) is 14.7. The summed E-state index contributed by atoms with van der Waals surface area (Å²) >= 11 is 5.98. The number of fused-ring (bicyclic) bond motifs is 1. The van der Waals surface area contributed by atoms with Crippen LogP contribution in [-0.2, 0) is 0 Å². The van der Waals surface area contributed by atoms with Gasteiger partial charge in [0.15, 0.2) is 5.65 Å². The zero-order valence-electron chi connectivity index (χ0n) is 13.0. The lowest BCUT2D eigenvalue weighted by Gasteiger charge is -2.04. The molecule has 4 rings (SSSR count). The molecule has 4 aromatic rings. The Morgan fingerprint density at radius 2 is 1.75 bits per heavy atom. The van der Waals surface area contributed by atoms with Gasteiger partial charge in [0.1, 0.15) is 0 Å². The lowest BCUT2D eigenvalue weighted by molar-refractivity contribution is 1.06. The van der Waals surface area contributed by atoms with Crippen molar-refractivity contribution in [2.75, 3.05) is 0 Å². The van der Waals surface area contributed by atoms with Crippen molar-refractivity contribution >= 4 is 22.6 Å². The van der Waals surface area contributed by atoms with Crippen LogP contribution in [0.5, 0.6) is 0 Å². The largest absolute Gasteiger partial charge is 0.312 e. The van der Waals surface area contributed by atoms with Crippen LogP contribution in [0.15, 0.2) is 65.8 Å². The van der Waals surface area contributed by atoms with Gasteiger partial charge in [-0.1, -0.05) is 41.4 Å². The number of hydrogen-bond donors (Lipinski definition) is 1. The van der Waals surface area contributed by atoms with E-state index in [0.717, 1.165) is 16.8 Å². The molecule has 24 heavy (non-hydrogen) atoms. The van der Waals surface area contributed by atoms with Crippen molar-refractivity contribution in [2.24, 2.45) is 0 Å². The fourth-order valence-corrected chi connectivity index (χ4v) is 2.95. The number of H-pyrrole nitrogens is 1. The molecule has 4 nitrogen and oxygen atoms in total. The average Bonchev–Trinajstić information content (AvgIpc) is 2.97. The Morgan fingerprint density at radius 1 is 1.04 bits per heavy atom. The van der Waals surface area contributed by atoms with Gasteiger partial charge in [-0.2, -0.15) is 0 Å². The molecule has 2 aromatic heterocycles. The third-order valence-corrected chi connectivity index (χ3v) is 4.31. The minimum Gasteiger partial charge on any atom is -0.312 e. The predicted octanol–water partition coefficient (Wildman–Crippen LogP) is 4.34. The maximum Gasteiger partial charge on any atom is 0.260 e. The summed E-state index contributed by atoms with van der Waals surface area (Å²) in [6.07, 6.45) is 3.38. The Balaban J connectivity index is 2.03. The van der Waals surface area contributed by atoms with Gasteiger partial charge in [0.05, 0.1) is 11.7 Å². The molecule has 0 radical (unpaired) electrons. The van der Waals surface area contributed by atoms with Crippen LogP contribution in [0.2, 0.25) is 5.02 Å². The number of aromatic nitrogens is 3. The van der Waals surface area contributed by atoms with Gasteiger partial charge >= 0.3 is 0 Å². The fraction of sp³-hybridized carbons (Fsp3) is 0.0526. The van der Waals surface area contributed by atoms with E-state index in [4.69, 9.17) is 11.6 Å². The Kier molecular flexibility index (Phi) is 3.47. The van der Waals surface area contributed by atoms with Gasteiger partial charge < -0.3 is 9.55 Å². The third-order valence-electron chi connectivity index (χ3n) is 4.06. The van der Waals surface area contributed by atoms with Gasteiger partial charge in [-0.3, -0.25) is 4.79 Å². The van der Waals surface area contributed by atoms with Crippen molar-refractivity contribution in [2.45, 2.75) is 6.92 Å². The number of nitrogens with zero attached hydrogens (tertiary/aromatic N) is 2. The molecule has 0 aliphatic rings. The van der Waals surface area contributed by atoms with E-state index in [1.54, 1.807) is 0 Å². The Bertz CT molecular complexity index is 1080. The first-order chi connectivity index (χ1) is 11.6. The van der Waals surface area contributed by atoms with Crippen molar-refractivity contribution in [1.29, 1.82) is 0 Å². The molecule has 0 saturated carbocycles. The zero-order valence-corrected chi connectivity index (χ0v) is 13.7. The van der Waals surface area contributed by atoms with E-state index in [1.165, 1.54) is 11.9 Å². The minimum atomic E-state index is -0.157. The van der Waals surface area contributed by atoms with Gasteiger partial charge in [-0.25, -0.2) is 4.98 Å². The zero-order chi connectivity index (χ0) is 16.7. The van der Waals surface area contributed by atoms with E-state index >= 15 is 0 Å². The summed E-state index contributed by atoms with van der Waals surface area (Å²) in [5.41, 5.74) is 4.37. The predicted molar refractivity (Wildman–Crippen MR) is 96.9 cm³/mol. The lowest BCUT2D eigenvalue weighted by Crippen LogP contribution is -2.07. The van der Waals surface area contributed by atoms with Crippen LogP contribution >= 0.6 is 11.6 Å². The summed E-state index contributed by atoms with van der Waals surface area (Å²) in [6, 6.07) is 15.6. The van der Waals surface area contributed by atoms with Crippen LogP contribution in [0.4, 0.5) is 0 Å². The van der Waals surface area contributed by atoms with E-state index in [-0.39, 0.29) is 5.56 Å². The summed E-state index contributed by atoms with van der Waals surface area (Å²) in [6.45, 7) is 2.04. The average molecular weight is 336 g/mol. The van der Waals surface area contributed by atoms with Crippen molar-refractivity contribution in [3.05, 3.63) is 82.0 Å². The summed E-state index contributed by atoms with van der Waals surface area (Å²) in [5.74, 6) is 0. The first-order valence-corrected chi connectivity index (χ1v) is 7.93. The van der Waals surface area contributed by atoms with E-state index < -0.39 is 0 Å². The summed E-state index contributed by atoms with van der Waals surface area (Å²) in [4.78, 5) is 19.5. The van der Waals surface area contributed by atoms with E-state index in [1.807, 2.05) is 66.2 Å². The maximum atomic E-state index is 12.4. The third kappa shape index (κ3) is 2.41. The van der Waals surface area contributed by atoms with Gasteiger partial charge in [0, 0.05) is 22.5 Å². The molecule has 0 aliphatic heterocycles. The van der Waals surface area contributed by atoms with Gasteiger partial charge in [0.2, 0.25) is 0 Å². The van der Waals surface area contributed by atoms with Crippen molar-refractivity contribution in [3.8, 4) is 16.8 Å². The van der Waals surface area contributed by atoms with Crippen LogP contribution in [0, 0.1) is 6.92 Å². The van der Waals surface area contributed by atoms with Crippen LogP contribution < -0.4 is 5.56 Å². The van der Waals surface area contributed by atoms with Crippen LogP contribution in [0.1, 0.15) is 5.56 Å². The van der Waals surface area contributed by atoms with E-state index in [9.17, 15) is 4.79 Å². The number of benzene rings is 2. The summed E-state index contributed by atoms with van der Waals surface area (Å²) in [5, 5.41) is 1.23. The Morgan fingerprint density at radius 3 is 2.46 bits per heavy atom. The van der Waals surface area contributed by atoms with Crippen molar-refractivity contribution in [1.82, 2.24) is 14.5 Å². The summed E-state index contributed by atoms with van der Waals surface area (Å²) in [7, 11) is 0. The fourth-order valence-electron chi connectivity index (χ4n) is 2.82. The quantitative estimate of drug-likeness (QED) is 0.592. The molecule has 0 fully saturated rings. The van der Waals surface area contributed by atoms with Gasteiger partial charge in [-0.15, -0.1) is 0 Å². The normalized spacial score (nSPS) is 11.1. The molecule has 0 saturated heterocycles. The van der Waals surface area contributed by atoms with Gasteiger partial charge in [-0.05, 0) is 36.8 Å². The topological polar surface area (TPSA) is 50.7 Å². The second-order valence-corrected chi connectivity index (χ2v) is 6.12. The van der Waals surface area contributed by atoms with Crippen LogP contribution in [0.3, 0.4) is 0 Å². The number of rotatable bonds is 2. The molecule has 1 N–H and O–H groups in total. The number of aryl methyl sites for hydroxylation is 1. The Hall–Kier alpha value is -2.85. The highest BCUT2D eigenvalue weighted by Gasteiger charge is 2.15. The standard InChI is InChI=1S/C19H14ClN3O/c1-12-2-8-15(9-3-12)23-10-16(13-4-6-14(20)7-5-13)17-18(23)21-11-22-19(17)24/h2-11H,1H3,(H,21,22,24). The van der Waals surface area contributed by atoms with Crippen LogP contribution in [-0.4, -0.2) is 14.5 Å². The molecular weight excluding hydrogens is 322 g/mol. The molecule has 2 aromatic carbocycles. The second-order valence-electron chi connectivity index (χ2n) is 5.69. The molecule has 5 heteroatoms. The molecule has 0 unspecified atom stereocenters. The molecule has 0 atom stereocenters. The lowest BCUT2D eigenvalue weighted by atomic mass is 10.1. The number of halogens is 1.